The summed E-state index contributed by atoms with van der Waals surface area (Å²) in [4.78, 5) is 6.21. The van der Waals surface area contributed by atoms with Crippen LogP contribution in [0, 0.1) is 0 Å². The molecule has 1 aromatic heterocycles. The van der Waals surface area contributed by atoms with Crippen LogP contribution in [0.5, 0.6) is 0 Å². The van der Waals surface area contributed by atoms with E-state index < -0.39 is 5.60 Å². The molecule has 2 heterocycles. The fourth-order valence-corrected chi connectivity index (χ4v) is 3.37. The Labute approximate surface area is 141 Å². The number of rotatable bonds is 4. The predicted octanol–water partition coefficient (Wildman–Crippen LogP) is 1.77. The van der Waals surface area contributed by atoms with E-state index in [1.54, 1.807) is 25.1 Å². The first kappa shape index (κ1) is 17.6. The summed E-state index contributed by atoms with van der Waals surface area (Å²) in [5.41, 5.74) is -0.605. The van der Waals surface area contributed by atoms with Gasteiger partial charge in [0.1, 0.15) is 5.76 Å². The number of guanidine groups is 1. The minimum atomic E-state index is -0.605. The highest BCUT2D eigenvalue weighted by molar-refractivity contribution is 14.0. The van der Waals surface area contributed by atoms with E-state index in [1.807, 2.05) is 24.1 Å². The molecular weight excluding hydrogens is 389 g/mol. The molecule has 0 amide bonds. The third-order valence-electron chi connectivity index (χ3n) is 3.20. The second-order valence-electron chi connectivity index (χ2n) is 4.86. The normalized spacial score (nSPS) is 22.4. The number of thioether (sulfide) groups is 1. The molecule has 0 aliphatic carbocycles. The van der Waals surface area contributed by atoms with Gasteiger partial charge in [0.05, 0.1) is 18.4 Å². The van der Waals surface area contributed by atoms with Gasteiger partial charge in [-0.2, -0.15) is 11.8 Å². The van der Waals surface area contributed by atoms with Gasteiger partial charge in [0.2, 0.25) is 0 Å². The Hall–Kier alpha value is -0.410. The predicted molar refractivity (Wildman–Crippen MR) is 93.8 cm³/mol. The number of nitrogens with one attached hydrogen (secondary N) is 1. The first-order valence-corrected chi connectivity index (χ1v) is 7.53. The average molecular weight is 411 g/mol. The van der Waals surface area contributed by atoms with Crippen LogP contribution in [0.15, 0.2) is 27.8 Å². The lowest BCUT2D eigenvalue weighted by atomic mass is 10.0. The molecule has 7 heteroatoms. The van der Waals surface area contributed by atoms with Crippen LogP contribution in [0.3, 0.4) is 0 Å². The van der Waals surface area contributed by atoms with Crippen molar-refractivity contribution in [2.45, 2.75) is 18.6 Å². The lowest BCUT2D eigenvalue weighted by molar-refractivity contribution is 0.0718. The van der Waals surface area contributed by atoms with Crippen LogP contribution in [0.25, 0.3) is 0 Å². The molecule has 0 aromatic carbocycles. The summed E-state index contributed by atoms with van der Waals surface area (Å²) >= 11 is 1.79. The van der Waals surface area contributed by atoms with Crippen LogP contribution < -0.4 is 5.32 Å². The maximum atomic E-state index is 10.3. The molecule has 114 valence electrons. The van der Waals surface area contributed by atoms with Crippen molar-refractivity contribution in [3.05, 3.63) is 24.2 Å². The molecule has 0 radical (unpaired) electrons. The Bertz CT molecular complexity index is 419. The Balaban J connectivity index is 0.00000200. The van der Waals surface area contributed by atoms with Crippen LogP contribution in [0.2, 0.25) is 0 Å². The number of halogens is 1. The minimum absolute atomic E-state index is 0. The molecule has 5 nitrogen and oxygen atoms in total. The highest BCUT2D eigenvalue weighted by atomic mass is 127. The van der Waals surface area contributed by atoms with Crippen molar-refractivity contribution in [2.24, 2.45) is 4.99 Å². The van der Waals surface area contributed by atoms with Crippen LogP contribution in [0.1, 0.15) is 12.2 Å². The number of nitrogens with zero attached hydrogens (tertiary/aromatic N) is 2. The summed E-state index contributed by atoms with van der Waals surface area (Å²) in [6.45, 7) is 1.19. The van der Waals surface area contributed by atoms with E-state index in [2.05, 4.69) is 10.3 Å². The zero-order valence-electron chi connectivity index (χ0n) is 11.8. The van der Waals surface area contributed by atoms with Gasteiger partial charge < -0.3 is 19.7 Å². The van der Waals surface area contributed by atoms with Crippen molar-refractivity contribution in [1.82, 2.24) is 10.2 Å². The van der Waals surface area contributed by atoms with Gasteiger partial charge in [-0.25, -0.2) is 0 Å². The van der Waals surface area contributed by atoms with Crippen molar-refractivity contribution < 1.29 is 9.52 Å². The van der Waals surface area contributed by atoms with Gasteiger partial charge in [-0.15, -0.1) is 24.0 Å². The quantitative estimate of drug-likeness (QED) is 0.450. The zero-order valence-corrected chi connectivity index (χ0v) is 15.0. The molecule has 1 saturated heterocycles. The van der Waals surface area contributed by atoms with Crippen molar-refractivity contribution >= 4 is 41.7 Å². The van der Waals surface area contributed by atoms with Crippen molar-refractivity contribution in [3.63, 3.8) is 0 Å². The lowest BCUT2D eigenvalue weighted by Gasteiger charge is -2.26. The molecule has 2 rings (SSSR count). The van der Waals surface area contributed by atoms with E-state index in [9.17, 15) is 5.11 Å². The molecule has 0 bridgehead atoms. The summed E-state index contributed by atoms with van der Waals surface area (Å²) in [7, 11) is 3.69. The fraction of sp³-hybridized carbons (Fsp3) is 0.615. The Morgan fingerprint density at radius 2 is 2.45 bits per heavy atom. The molecular formula is C13H22IN3O2S. The molecule has 1 aromatic rings. The smallest absolute Gasteiger partial charge is 0.193 e. The first-order valence-electron chi connectivity index (χ1n) is 6.37. The van der Waals surface area contributed by atoms with Gasteiger partial charge >= 0.3 is 0 Å². The largest absolute Gasteiger partial charge is 0.467 e. The minimum Gasteiger partial charge on any atom is -0.467 e. The second-order valence-corrected chi connectivity index (χ2v) is 5.97. The zero-order chi connectivity index (χ0) is 13.7. The fourth-order valence-electron chi connectivity index (χ4n) is 2.08. The molecule has 1 aliphatic heterocycles. The van der Waals surface area contributed by atoms with E-state index in [-0.39, 0.29) is 24.0 Å². The van der Waals surface area contributed by atoms with Gasteiger partial charge in [0.15, 0.2) is 5.96 Å². The van der Waals surface area contributed by atoms with Crippen molar-refractivity contribution in [2.75, 3.05) is 32.1 Å². The molecule has 1 aliphatic rings. The number of aliphatic imine (C=N–C) groups is 1. The molecule has 2 N–H and O–H groups in total. The maximum absolute atomic E-state index is 10.3. The maximum Gasteiger partial charge on any atom is 0.193 e. The number of hydrogen-bond acceptors (Lipinski definition) is 4. The van der Waals surface area contributed by atoms with Crippen LogP contribution in [-0.4, -0.2) is 53.7 Å². The van der Waals surface area contributed by atoms with Crippen molar-refractivity contribution in [1.29, 1.82) is 0 Å². The SMILES string of the molecule is CN=C(NCC1(O)CCSC1)N(C)Cc1ccco1.I. The van der Waals surface area contributed by atoms with E-state index in [0.29, 0.717) is 13.1 Å². The summed E-state index contributed by atoms with van der Waals surface area (Å²) < 4.78 is 5.32. The van der Waals surface area contributed by atoms with Gasteiger partial charge in [0, 0.05) is 26.4 Å². The van der Waals surface area contributed by atoms with E-state index in [0.717, 1.165) is 29.6 Å². The van der Waals surface area contributed by atoms with Crippen molar-refractivity contribution in [3.8, 4) is 0 Å². The Kier molecular flexibility index (Phi) is 7.18. The summed E-state index contributed by atoms with van der Waals surface area (Å²) in [5.74, 6) is 3.47. The third kappa shape index (κ3) is 4.85. The van der Waals surface area contributed by atoms with Crippen LogP contribution in [0.4, 0.5) is 0 Å². The second kappa shape index (κ2) is 8.14. The summed E-state index contributed by atoms with van der Waals surface area (Å²) in [5, 5.41) is 13.5. The van der Waals surface area contributed by atoms with Gasteiger partial charge in [-0.1, -0.05) is 0 Å². The number of hydrogen-bond donors (Lipinski definition) is 2. The molecule has 0 saturated carbocycles. The summed E-state index contributed by atoms with van der Waals surface area (Å²) in [6, 6.07) is 3.81. The highest BCUT2D eigenvalue weighted by Crippen LogP contribution is 2.26. The molecule has 0 spiro atoms. The van der Waals surface area contributed by atoms with E-state index in [1.165, 1.54) is 0 Å². The third-order valence-corrected chi connectivity index (χ3v) is 4.44. The number of aliphatic hydroxyl groups is 1. The molecule has 1 atom stereocenters. The molecule has 20 heavy (non-hydrogen) atoms. The Morgan fingerprint density at radius 1 is 1.65 bits per heavy atom. The monoisotopic (exact) mass is 411 g/mol. The standard InChI is InChI=1S/C13H21N3O2S.HI/c1-14-12(15-9-13(17)5-7-19-10-13)16(2)8-11-4-3-6-18-11;/h3-4,6,17H,5,7-10H2,1-2H3,(H,14,15);1H. The highest BCUT2D eigenvalue weighted by Gasteiger charge is 2.31. The van der Waals surface area contributed by atoms with Gasteiger partial charge in [-0.05, 0) is 24.3 Å². The topological polar surface area (TPSA) is 61.0 Å². The number of furan rings is 1. The van der Waals surface area contributed by atoms with Crippen LogP contribution >= 0.6 is 35.7 Å². The summed E-state index contributed by atoms with van der Waals surface area (Å²) in [6.07, 6.45) is 2.50. The van der Waals surface area contributed by atoms with E-state index in [4.69, 9.17) is 4.42 Å². The lowest BCUT2D eigenvalue weighted by Crippen LogP contribution is -2.47. The van der Waals surface area contributed by atoms with Gasteiger partial charge in [-0.3, -0.25) is 4.99 Å². The molecule has 1 unspecified atom stereocenters. The van der Waals surface area contributed by atoms with Crippen LogP contribution in [-0.2, 0) is 6.54 Å². The Morgan fingerprint density at radius 3 is 3.00 bits per heavy atom. The van der Waals surface area contributed by atoms with E-state index >= 15 is 0 Å². The average Bonchev–Trinajstić information content (AvgIpc) is 3.02. The molecule has 1 fully saturated rings. The first-order chi connectivity index (χ1) is 9.13. The van der Waals surface area contributed by atoms with Gasteiger partial charge in [0.25, 0.3) is 0 Å².